The van der Waals surface area contributed by atoms with E-state index in [4.69, 9.17) is 4.74 Å². The van der Waals surface area contributed by atoms with Gasteiger partial charge in [-0.05, 0) is 20.3 Å². The molecule has 0 aromatic rings. The standard InChI is InChI=1S/C10H16N2O3/c1-4-7-8(9(13)15-5-2)6(3)11-10(14)12-7/h7-8H,4-5H2,1-3H3,(H,12,14). The number of nitrogens with zero attached hydrogens (tertiary/aromatic N) is 1. The van der Waals surface area contributed by atoms with E-state index in [0.717, 1.165) is 0 Å². The summed E-state index contributed by atoms with van der Waals surface area (Å²) in [5.74, 6) is -0.752. The van der Waals surface area contributed by atoms with Gasteiger partial charge in [-0.25, -0.2) is 9.79 Å². The fourth-order valence-electron chi connectivity index (χ4n) is 1.70. The van der Waals surface area contributed by atoms with E-state index in [9.17, 15) is 9.59 Å². The van der Waals surface area contributed by atoms with E-state index in [1.165, 1.54) is 0 Å². The zero-order chi connectivity index (χ0) is 11.4. The maximum absolute atomic E-state index is 11.6. The summed E-state index contributed by atoms with van der Waals surface area (Å²) in [5, 5.41) is 2.66. The monoisotopic (exact) mass is 212 g/mol. The van der Waals surface area contributed by atoms with Gasteiger partial charge in [-0.2, -0.15) is 0 Å². The van der Waals surface area contributed by atoms with Gasteiger partial charge in [0.25, 0.3) is 0 Å². The lowest BCUT2D eigenvalue weighted by atomic mass is 9.92. The number of hydrogen-bond donors (Lipinski definition) is 1. The lowest BCUT2D eigenvalue weighted by Crippen LogP contribution is -2.49. The Kier molecular flexibility index (Phi) is 3.82. The Hall–Kier alpha value is -1.39. The molecule has 0 radical (unpaired) electrons. The molecule has 0 aromatic carbocycles. The zero-order valence-electron chi connectivity index (χ0n) is 9.24. The van der Waals surface area contributed by atoms with Crippen molar-refractivity contribution in [1.82, 2.24) is 5.32 Å². The van der Waals surface area contributed by atoms with E-state index in [-0.39, 0.29) is 18.0 Å². The Bertz CT molecular complexity index is 299. The number of urea groups is 1. The fourth-order valence-corrected chi connectivity index (χ4v) is 1.70. The summed E-state index contributed by atoms with van der Waals surface area (Å²) in [4.78, 5) is 26.5. The largest absolute Gasteiger partial charge is 0.465 e. The van der Waals surface area contributed by atoms with Gasteiger partial charge < -0.3 is 10.1 Å². The highest BCUT2D eigenvalue weighted by Crippen LogP contribution is 2.16. The first-order valence-corrected chi connectivity index (χ1v) is 5.12. The molecule has 2 atom stereocenters. The highest BCUT2D eigenvalue weighted by atomic mass is 16.5. The van der Waals surface area contributed by atoms with E-state index in [0.29, 0.717) is 18.7 Å². The van der Waals surface area contributed by atoms with Crippen molar-refractivity contribution >= 4 is 17.7 Å². The van der Waals surface area contributed by atoms with Crippen molar-refractivity contribution in [3.05, 3.63) is 0 Å². The molecule has 0 bridgehead atoms. The van der Waals surface area contributed by atoms with Gasteiger partial charge in [0.1, 0.15) is 5.92 Å². The third-order valence-electron chi connectivity index (χ3n) is 2.42. The average Bonchev–Trinajstić information content (AvgIpc) is 2.16. The van der Waals surface area contributed by atoms with Gasteiger partial charge in [0.15, 0.2) is 0 Å². The normalized spacial score (nSPS) is 25.5. The minimum absolute atomic E-state index is 0.200. The Morgan fingerprint density at radius 1 is 1.53 bits per heavy atom. The smallest absolute Gasteiger partial charge is 0.341 e. The van der Waals surface area contributed by atoms with Crippen molar-refractivity contribution in [3.63, 3.8) is 0 Å². The van der Waals surface area contributed by atoms with Gasteiger partial charge in [0.05, 0.1) is 6.61 Å². The van der Waals surface area contributed by atoms with Crippen LogP contribution in [0.5, 0.6) is 0 Å². The topological polar surface area (TPSA) is 67.8 Å². The molecule has 1 N–H and O–H groups in total. The number of rotatable bonds is 3. The summed E-state index contributed by atoms with van der Waals surface area (Å²) in [6, 6.07) is -0.575. The molecular weight excluding hydrogens is 196 g/mol. The van der Waals surface area contributed by atoms with Crippen molar-refractivity contribution < 1.29 is 14.3 Å². The Labute approximate surface area is 88.9 Å². The maximum atomic E-state index is 11.6. The molecule has 1 aliphatic rings. The van der Waals surface area contributed by atoms with Crippen LogP contribution in [-0.4, -0.2) is 30.4 Å². The molecule has 2 amide bonds. The molecule has 1 aliphatic heterocycles. The fraction of sp³-hybridized carbons (Fsp3) is 0.700. The molecule has 0 aromatic heterocycles. The van der Waals surface area contributed by atoms with Crippen LogP contribution in [0.25, 0.3) is 0 Å². The van der Waals surface area contributed by atoms with E-state index in [2.05, 4.69) is 10.3 Å². The third kappa shape index (κ3) is 2.55. The molecular formula is C10H16N2O3. The van der Waals surface area contributed by atoms with Crippen LogP contribution in [0.15, 0.2) is 4.99 Å². The number of hydrogen-bond acceptors (Lipinski definition) is 3. The first-order valence-electron chi connectivity index (χ1n) is 5.12. The number of esters is 1. The van der Waals surface area contributed by atoms with Crippen LogP contribution in [-0.2, 0) is 9.53 Å². The SMILES string of the molecule is CCOC(=O)C1C(C)=NC(=O)NC1CC. The number of ether oxygens (including phenoxy) is 1. The van der Waals surface area contributed by atoms with Crippen molar-refractivity contribution in [2.45, 2.75) is 33.2 Å². The summed E-state index contributed by atoms with van der Waals surface area (Å²) in [5.41, 5.74) is 0.532. The van der Waals surface area contributed by atoms with E-state index < -0.39 is 5.92 Å². The Morgan fingerprint density at radius 2 is 2.20 bits per heavy atom. The average molecular weight is 212 g/mol. The second kappa shape index (κ2) is 4.91. The molecule has 5 nitrogen and oxygen atoms in total. The molecule has 0 fully saturated rings. The number of carbonyl (C=O) groups excluding carboxylic acids is 2. The second-order valence-electron chi connectivity index (χ2n) is 3.45. The zero-order valence-corrected chi connectivity index (χ0v) is 9.24. The molecule has 2 unspecified atom stereocenters. The van der Waals surface area contributed by atoms with Crippen molar-refractivity contribution in [3.8, 4) is 0 Å². The molecule has 5 heteroatoms. The van der Waals surface area contributed by atoms with Crippen LogP contribution in [0, 0.1) is 5.92 Å². The second-order valence-corrected chi connectivity index (χ2v) is 3.45. The highest BCUT2D eigenvalue weighted by molar-refractivity contribution is 6.08. The van der Waals surface area contributed by atoms with Gasteiger partial charge in [-0.15, -0.1) is 0 Å². The Morgan fingerprint density at radius 3 is 2.73 bits per heavy atom. The minimum Gasteiger partial charge on any atom is -0.465 e. The summed E-state index contributed by atoms with van der Waals surface area (Å²) < 4.78 is 4.95. The van der Waals surface area contributed by atoms with E-state index >= 15 is 0 Å². The van der Waals surface area contributed by atoms with Crippen LogP contribution in [0.3, 0.4) is 0 Å². The number of nitrogens with one attached hydrogen (secondary N) is 1. The molecule has 0 spiro atoms. The van der Waals surface area contributed by atoms with Crippen LogP contribution in [0.4, 0.5) is 4.79 Å². The summed E-state index contributed by atoms with van der Waals surface area (Å²) >= 11 is 0. The predicted octanol–water partition coefficient (Wildman–Crippen LogP) is 1.13. The minimum atomic E-state index is -0.437. The number of carbonyl (C=O) groups is 2. The Balaban J connectivity index is 2.86. The van der Waals surface area contributed by atoms with E-state index in [1.54, 1.807) is 13.8 Å². The molecule has 0 aliphatic carbocycles. The number of amides is 2. The van der Waals surface area contributed by atoms with Crippen LogP contribution >= 0.6 is 0 Å². The molecule has 0 saturated carbocycles. The van der Waals surface area contributed by atoms with Gasteiger partial charge in [-0.3, -0.25) is 4.79 Å². The maximum Gasteiger partial charge on any atom is 0.341 e. The number of aliphatic imine (C=N–C) groups is 1. The lowest BCUT2D eigenvalue weighted by Gasteiger charge is -2.28. The van der Waals surface area contributed by atoms with Crippen LogP contribution in [0.2, 0.25) is 0 Å². The molecule has 84 valence electrons. The van der Waals surface area contributed by atoms with Crippen LogP contribution in [0.1, 0.15) is 27.2 Å². The first kappa shape index (κ1) is 11.7. The first-order chi connectivity index (χ1) is 7.10. The van der Waals surface area contributed by atoms with Gasteiger partial charge >= 0.3 is 12.0 Å². The molecule has 15 heavy (non-hydrogen) atoms. The molecule has 1 rings (SSSR count). The third-order valence-corrected chi connectivity index (χ3v) is 2.42. The van der Waals surface area contributed by atoms with Crippen molar-refractivity contribution in [2.24, 2.45) is 10.9 Å². The van der Waals surface area contributed by atoms with Crippen molar-refractivity contribution in [1.29, 1.82) is 0 Å². The molecule has 0 saturated heterocycles. The van der Waals surface area contributed by atoms with Gasteiger partial charge in [0, 0.05) is 11.8 Å². The highest BCUT2D eigenvalue weighted by Gasteiger charge is 2.35. The van der Waals surface area contributed by atoms with E-state index in [1.807, 2.05) is 6.92 Å². The summed E-state index contributed by atoms with van der Waals surface area (Å²) in [7, 11) is 0. The summed E-state index contributed by atoms with van der Waals surface area (Å²) in [6.07, 6.45) is 0.683. The van der Waals surface area contributed by atoms with Crippen molar-refractivity contribution in [2.75, 3.05) is 6.61 Å². The quantitative estimate of drug-likeness (QED) is 0.713. The predicted molar refractivity (Wildman–Crippen MR) is 55.8 cm³/mol. The lowest BCUT2D eigenvalue weighted by molar-refractivity contribution is -0.146. The van der Waals surface area contributed by atoms with Gasteiger partial charge in [-0.1, -0.05) is 6.92 Å². The van der Waals surface area contributed by atoms with Crippen LogP contribution < -0.4 is 5.32 Å². The molecule has 1 heterocycles. The van der Waals surface area contributed by atoms with Gasteiger partial charge in [0.2, 0.25) is 0 Å². The summed E-state index contributed by atoms with van der Waals surface area (Å²) in [6.45, 7) is 5.69.